The Labute approximate surface area is 116 Å². The Morgan fingerprint density at radius 2 is 2.05 bits per heavy atom. The van der Waals surface area contributed by atoms with Gasteiger partial charge in [0, 0.05) is 12.6 Å². The summed E-state index contributed by atoms with van der Waals surface area (Å²) in [6, 6.07) is 6.81. The van der Waals surface area contributed by atoms with Crippen LogP contribution in [0.1, 0.15) is 30.9 Å². The van der Waals surface area contributed by atoms with E-state index in [1.165, 1.54) is 24.0 Å². The van der Waals surface area contributed by atoms with Gasteiger partial charge in [-0.05, 0) is 62.9 Å². The van der Waals surface area contributed by atoms with Crippen molar-refractivity contribution in [2.24, 2.45) is 11.7 Å². The first-order chi connectivity index (χ1) is 9.10. The number of rotatable bonds is 4. The maximum Gasteiger partial charge on any atom is 0.121 e. The Morgan fingerprint density at radius 1 is 1.37 bits per heavy atom. The summed E-state index contributed by atoms with van der Waals surface area (Å²) >= 11 is 0. The van der Waals surface area contributed by atoms with Gasteiger partial charge in [-0.1, -0.05) is 12.1 Å². The van der Waals surface area contributed by atoms with Crippen LogP contribution in [0.15, 0.2) is 18.2 Å². The van der Waals surface area contributed by atoms with Gasteiger partial charge < -0.3 is 10.5 Å². The summed E-state index contributed by atoms with van der Waals surface area (Å²) in [4.78, 5) is 2.53. The van der Waals surface area contributed by atoms with Crippen LogP contribution in [-0.2, 0) is 6.54 Å². The molecule has 1 aliphatic heterocycles. The summed E-state index contributed by atoms with van der Waals surface area (Å²) in [5.74, 6) is 1.67. The minimum absolute atomic E-state index is 0.338. The van der Waals surface area contributed by atoms with Crippen molar-refractivity contribution < 1.29 is 4.74 Å². The van der Waals surface area contributed by atoms with Gasteiger partial charge in [-0.15, -0.1) is 0 Å². The molecular weight excluding hydrogens is 236 g/mol. The Kier molecular flexibility index (Phi) is 4.83. The number of nitrogens with two attached hydrogens (primary N) is 1. The standard InChI is InChI=1S/C16H26N2O/c1-12-10-14(4-5-16(12)19-3)11-18-8-6-15(7-9-18)13(2)17/h4-5,10,13,15H,6-9,11,17H2,1-3H3. The van der Waals surface area contributed by atoms with Crippen molar-refractivity contribution in [1.29, 1.82) is 0 Å². The molecule has 3 nitrogen and oxygen atoms in total. The molecule has 1 aliphatic rings. The number of ether oxygens (including phenoxy) is 1. The molecule has 1 heterocycles. The van der Waals surface area contributed by atoms with E-state index in [1.54, 1.807) is 7.11 Å². The van der Waals surface area contributed by atoms with Crippen molar-refractivity contribution in [3.05, 3.63) is 29.3 Å². The molecule has 2 N–H and O–H groups in total. The van der Waals surface area contributed by atoms with E-state index in [9.17, 15) is 0 Å². The first-order valence-electron chi connectivity index (χ1n) is 7.21. The molecule has 0 amide bonds. The second-order valence-electron chi connectivity index (χ2n) is 5.78. The van der Waals surface area contributed by atoms with Crippen LogP contribution in [0.5, 0.6) is 5.75 Å². The molecule has 0 saturated carbocycles. The van der Waals surface area contributed by atoms with Crippen molar-refractivity contribution in [2.45, 2.75) is 39.3 Å². The van der Waals surface area contributed by atoms with E-state index in [0.29, 0.717) is 12.0 Å². The summed E-state index contributed by atoms with van der Waals surface area (Å²) in [6.45, 7) is 7.60. The minimum Gasteiger partial charge on any atom is -0.496 e. The van der Waals surface area contributed by atoms with Crippen LogP contribution in [0.3, 0.4) is 0 Å². The predicted octanol–water partition coefficient (Wildman–Crippen LogP) is 2.56. The lowest BCUT2D eigenvalue weighted by atomic mass is 9.91. The number of likely N-dealkylation sites (tertiary alicyclic amines) is 1. The van der Waals surface area contributed by atoms with Crippen LogP contribution >= 0.6 is 0 Å². The van der Waals surface area contributed by atoms with Gasteiger partial charge in [-0.3, -0.25) is 4.90 Å². The van der Waals surface area contributed by atoms with Crippen LogP contribution < -0.4 is 10.5 Å². The van der Waals surface area contributed by atoms with E-state index in [4.69, 9.17) is 10.5 Å². The van der Waals surface area contributed by atoms with E-state index in [2.05, 4.69) is 36.9 Å². The molecule has 1 aromatic rings. The molecule has 0 aliphatic carbocycles. The largest absolute Gasteiger partial charge is 0.496 e. The van der Waals surface area contributed by atoms with E-state index >= 15 is 0 Å². The second-order valence-corrected chi connectivity index (χ2v) is 5.78. The number of hydrogen-bond donors (Lipinski definition) is 1. The van der Waals surface area contributed by atoms with Gasteiger partial charge in [-0.25, -0.2) is 0 Å². The Bertz CT molecular complexity index is 409. The third kappa shape index (κ3) is 3.71. The first kappa shape index (κ1) is 14.4. The van der Waals surface area contributed by atoms with Crippen LogP contribution in [-0.4, -0.2) is 31.1 Å². The highest BCUT2D eigenvalue weighted by molar-refractivity contribution is 5.36. The normalized spacial score (nSPS) is 19.4. The molecule has 1 unspecified atom stereocenters. The Balaban J connectivity index is 1.90. The van der Waals surface area contributed by atoms with Gasteiger partial charge >= 0.3 is 0 Å². The van der Waals surface area contributed by atoms with Crippen molar-refractivity contribution in [3.63, 3.8) is 0 Å². The highest BCUT2D eigenvalue weighted by Crippen LogP contribution is 2.23. The number of methoxy groups -OCH3 is 1. The van der Waals surface area contributed by atoms with Gasteiger partial charge in [0.05, 0.1) is 7.11 Å². The van der Waals surface area contributed by atoms with Crippen LogP contribution in [0.4, 0.5) is 0 Å². The van der Waals surface area contributed by atoms with E-state index in [0.717, 1.165) is 25.4 Å². The highest BCUT2D eigenvalue weighted by atomic mass is 16.5. The number of aryl methyl sites for hydroxylation is 1. The maximum atomic E-state index is 5.98. The average molecular weight is 262 g/mol. The number of piperidine rings is 1. The maximum absolute atomic E-state index is 5.98. The van der Waals surface area contributed by atoms with Crippen LogP contribution in [0.25, 0.3) is 0 Å². The summed E-state index contributed by atoms with van der Waals surface area (Å²) in [5, 5.41) is 0. The molecular formula is C16H26N2O. The van der Waals surface area contributed by atoms with Crippen molar-refractivity contribution in [3.8, 4) is 5.75 Å². The molecule has 1 fully saturated rings. The fourth-order valence-corrected chi connectivity index (χ4v) is 2.93. The monoisotopic (exact) mass is 262 g/mol. The van der Waals surface area contributed by atoms with Gasteiger partial charge in [0.2, 0.25) is 0 Å². The molecule has 0 bridgehead atoms. The molecule has 2 rings (SSSR count). The molecule has 3 heteroatoms. The quantitative estimate of drug-likeness (QED) is 0.906. The number of nitrogens with zero attached hydrogens (tertiary/aromatic N) is 1. The molecule has 1 atom stereocenters. The van der Waals surface area contributed by atoms with E-state index in [1.807, 2.05) is 0 Å². The zero-order valence-electron chi connectivity index (χ0n) is 12.4. The van der Waals surface area contributed by atoms with Gasteiger partial charge in [0.1, 0.15) is 5.75 Å². The molecule has 0 aromatic heterocycles. The third-order valence-electron chi connectivity index (χ3n) is 4.24. The predicted molar refractivity (Wildman–Crippen MR) is 79.4 cm³/mol. The molecule has 0 spiro atoms. The smallest absolute Gasteiger partial charge is 0.121 e. The van der Waals surface area contributed by atoms with Crippen LogP contribution in [0.2, 0.25) is 0 Å². The van der Waals surface area contributed by atoms with E-state index < -0.39 is 0 Å². The third-order valence-corrected chi connectivity index (χ3v) is 4.24. The minimum atomic E-state index is 0.338. The van der Waals surface area contributed by atoms with Crippen LogP contribution in [0, 0.1) is 12.8 Å². The summed E-state index contributed by atoms with van der Waals surface area (Å²) in [5.41, 5.74) is 8.57. The van der Waals surface area contributed by atoms with Crippen molar-refractivity contribution in [1.82, 2.24) is 4.90 Å². The zero-order chi connectivity index (χ0) is 13.8. The summed E-state index contributed by atoms with van der Waals surface area (Å²) < 4.78 is 5.30. The van der Waals surface area contributed by atoms with Gasteiger partial charge in [-0.2, -0.15) is 0 Å². The Morgan fingerprint density at radius 3 is 2.58 bits per heavy atom. The lowest BCUT2D eigenvalue weighted by molar-refractivity contribution is 0.165. The lowest BCUT2D eigenvalue weighted by Crippen LogP contribution is -2.39. The summed E-state index contributed by atoms with van der Waals surface area (Å²) in [7, 11) is 1.72. The SMILES string of the molecule is COc1ccc(CN2CCC(C(C)N)CC2)cc1C. The fraction of sp³-hybridized carbons (Fsp3) is 0.625. The van der Waals surface area contributed by atoms with Gasteiger partial charge in [0.15, 0.2) is 0 Å². The highest BCUT2D eigenvalue weighted by Gasteiger charge is 2.21. The van der Waals surface area contributed by atoms with Crippen molar-refractivity contribution >= 4 is 0 Å². The molecule has 1 aromatic carbocycles. The molecule has 1 saturated heterocycles. The van der Waals surface area contributed by atoms with E-state index in [-0.39, 0.29) is 0 Å². The average Bonchev–Trinajstić information content (AvgIpc) is 2.39. The first-order valence-corrected chi connectivity index (χ1v) is 7.21. The van der Waals surface area contributed by atoms with Gasteiger partial charge in [0.25, 0.3) is 0 Å². The molecule has 0 radical (unpaired) electrons. The molecule has 106 valence electrons. The summed E-state index contributed by atoms with van der Waals surface area (Å²) in [6.07, 6.45) is 2.46. The fourth-order valence-electron chi connectivity index (χ4n) is 2.93. The number of hydrogen-bond acceptors (Lipinski definition) is 3. The second kappa shape index (κ2) is 6.40. The molecule has 19 heavy (non-hydrogen) atoms. The topological polar surface area (TPSA) is 38.5 Å². The van der Waals surface area contributed by atoms with Crippen molar-refractivity contribution in [2.75, 3.05) is 20.2 Å². The lowest BCUT2D eigenvalue weighted by Gasteiger charge is -2.33. The number of benzene rings is 1. The Hall–Kier alpha value is -1.06. The zero-order valence-corrected chi connectivity index (χ0v) is 12.4.